The van der Waals surface area contributed by atoms with Crippen LogP contribution in [0.15, 0.2) is 17.9 Å². The molecule has 1 unspecified atom stereocenters. The number of nitrogens with one attached hydrogen (secondary N) is 1. The number of hydrogen-bond acceptors (Lipinski definition) is 2. The van der Waals surface area contributed by atoms with Gasteiger partial charge in [-0.05, 0) is 31.9 Å². The van der Waals surface area contributed by atoms with Gasteiger partial charge in [0, 0.05) is 0 Å². The monoisotopic (exact) mass is 209 g/mol. The van der Waals surface area contributed by atoms with Gasteiger partial charge in [0.2, 0.25) is 0 Å². The number of amides is 1. The number of hydrogen-bond donors (Lipinski definition) is 1. The second-order valence-corrected chi connectivity index (χ2v) is 4.13. The van der Waals surface area contributed by atoms with Gasteiger partial charge in [0.25, 0.3) is 0 Å². The van der Waals surface area contributed by atoms with Gasteiger partial charge in [0.1, 0.15) is 12.1 Å². The number of rotatable bonds is 5. The largest absolute Gasteiger partial charge is 0.447 e. The molecule has 0 radical (unpaired) electrons. The molecule has 3 heteroatoms. The maximum atomic E-state index is 10.8. The van der Waals surface area contributed by atoms with Crippen LogP contribution in [0.1, 0.15) is 39.5 Å². The SMILES string of the molecule is CCCCCC=C=CC1(C)COC(=O)N1. The van der Waals surface area contributed by atoms with Crippen LogP contribution in [0.3, 0.4) is 0 Å². The molecule has 1 amide bonds. The van der Waals surface area contributed by atoms with Crippen molar-refractivity contribution in [3.8, 4) is 0 Å². The minimum absolute atomic E-state index is 0.346. The highest BCUT2D eigenvalue weighted by atomic mass is 16.6. The average Bonchev–Trinajstić information content (AvgIpc) is 2.53. The second-order valence-electron chi connectivity index (χ2n) is 4.13. The summed E-state index contributed by atoms with van der Waals surface area (Å²) in [7, 11) is 0. The summed E-state index contributed by atoms with van der Waals surface area (Å²) in [5.41, 5.74) is 2.73. The summed E-state index contributed by atoms with van der Waals surface area (Å²) in [4.78, 5) is 10.8. The summed E-state index contributed by atoms with van der Waals surface area (Å²) in [6, 6.07) is 0. The standard InChI is InChI=1S/C12H19NO2/c1-3-4-5-6-7-8-9-12(2)10-15-11(14)13-12/h7,9H,3-6,10H2,1-2H3,(H,13,14). The number of alkyl carbamates (subject to hydrolysis) is 1. The highest BCUT2D eigenvalue weighted by Gasteiger charge is 2.32. The van der Waals surface area contributed by atoms with Crippen molar-refractivity contribution in [2.24, 2.45) is 0 Å². The minimum atomic E-state index is -0.377. The van der Waals surface area contributed by atoms with E-state index < -0.39 is 0 Å². The highest BCUT2D eigenvalue weighted by molar-refractivity contribution is 5.71. The maximum Gasteiger partial charge on any atom is 0.408 e. The minimum Gasteiger partial charge on any atom is -0.447 e. The van der Waals surface area contributed by atoms with Crippen molar-refractivity contribution in [1.82, 2.24) is 5.32 Å². The van der Waals surface area contributed by atoms with Crippen molar-refractivity contribution in [3.63, 3.8) is 0 Å². The molecule has 0 aromatic heterocycles. The van der Waals surface area contributed by atoms with E-state index in [1.54, 1.807) is 0 Å². The average molecular weight is 209 g/mol. The molecule has 1 atom stereocenters. The first-order valence-electron chi connectivity index (χ1n) is 5.53. The molecule has 1 N–H and O–H groups in total. The van der Waals surface area contributed by atoms with Crippen LogP contribution in [0.5, 0.6) is 0 Å². The fourth-order valence-electron chi connectivity index (χ4n) is 1.42. The molecule has 1 aliphatic heterocycles. The van der Waals surface area contributed by atoms with E-state index in [4.69, 9.17) is 4.74 Å². The fraction of sp³-hybridized carbons (Fsp3) is 0.667. The Hall–Kier alpha value is -1.21. The third kappa shape index (κ3) is 4.22. The summed E-state index contributed by atoms with van der Waals surface area (Å²) in [5, 5.41) is 2.73. The summed E-state index contributed by atoms with van der Waals surface area (Å²) in [5.74, 6) is 0. The third-order valence-electron chi connectivity index (χ3n) is 2.36. The lowest BCUT2D eigenvalue weighted by molar-refractivity contribution is 0.175. The third-order valence-corrected chi connectivity index (χ3v) is 2.36. The molecule has 3 nitrogen and oxygen atoms in total. The molecule has 1 rings (SSSR count). The van der Waals surface area contributed by atoms with E-state index in [0.29, 0.717) is 6.61 Å². The summed E-state index contributed by atoms with van der Waals surface area (Å²) >= 11 is 0. The van der Waals surface area contributed by atoms with Crippen LogP contribution in [0.4, 0.5) is 4.79 Å². The molecule has 1 saturated heterocycles. The Morgan fingerprint density at radius 1 is 1.60 bits per heavy atom. The first-order chi connectivity index (χ1) is 7.16. The lowest BCUT2D eigenvalue weighted by Gasteiger charge is -2.13. The topological polar surface area (TPSA) is 38.3 Å². The van der Waals surface area contributed by atoms with E-state index in [-0.39, 0.29) is 11.6 Å². The van der Waals surface area contributed by atoms with Gasteiger partial charge in [0.15, 0.2) is 0 Å². The van der Waals surface area contributed by atoms with E-state index >= 15 is 0 Å². The molecular formula is C12H19NO2. The Balaban J connectivity index is 2.33. The predicted molar refractivity (Wildman–Crippen MR) is 59.7 cm³/mol. The van der Waals surface area contributed by atoms with Gasteiger partial charge in [-0.1, -0.05) is 19.8 Å². The van der Waals surface area contributed by atoms with Crippen LogP contribution in [0, 0.1) is 0 Å². The first kappa shape index (κ1) is 11.9. The first-order valence-corrected chi connectivity index (χ1v) is 5.53. The van der Waals surface area contributed by atoms with Crippen molar-refractivity contribution in [2.45, 2.75) is 45.1 Å². The van der Waals surface area contributed by atoms with Crippen LogP contribution >= 0.6 is 0 Å². The summed E-state index contributed by atoms with van der Waals surface area (Å²) in [6.45, 7) is 4.50. The molecule has 0 bridgehead atoms. The van der Waals surface area contributed by atoms with E-state index in [1.807, 2.05) is 19.1 Å². The lowest BCUT2D eigenvalue weighted by atomic mass is 10.1. The van der Waals surface area contributed by atoms with Crippen molar-refractivity contribution in [1.29, 1.82) is 0 Å². The molecule has 0 spiro atoms. The van der Waals surface area contributed by atoms with Crippen molar-refractivity contribution < 1.29 is 9.53 Å². The van der Waals surface area contributed by atoms with Crippen LogP contribution in [0.25, 0.3) is 0 Å². The zero-order chi connectivity index (χ0) is 11.1. The van der Waals surface area contributed by atoms with Gasteiger partial charge in [-0.15, -0.1) is 5.73 Å². The maximum absolute atomic E-state index is 10.8. The smallest absolute Gasteiger partial charge is 0.408 e. The Morgan fingerprint density at radius 3 is 3.00 bits per heavy atom. The molecule has 0 aromatic rings. The number of carbonyl (C=O) groups is 1. The predicted octanol–water partition coefficient (Wildman–Crippen LogP) is 2.78. The van der Waals surface area contributed by atoms with E-state index in [9.17, 15) is 4.79 Å². The fourth-order valence-corrected chi connectivity index (χ4v) is 1.42. The molecule has 0 aliphatic carbocycles. The molecule has 1 fully saturated rings. The molecule has 1 aliphatic rings. The van der Waals surface area contributed by atoms with Gasteiger partial charge < -0.3 is 10.1 Å². The second kappa shape index (κ2) is 5.62. The molecule has 15 heavy (non-hydrogen) atoms. The van der Waals surface area contributed by atoms with Gasteiger partial charge in [-0.3, -0.25) is 0 Å². The van der Waals surface area contributed by atoms with E-state index in [0.717, 1.165) is 6.42 Å². The van der Waals surface area contributed by atoms with E-state index in [2.05, 4.69) is 18.0 Å². The molecule has 0 saturated carbocycles. The van der Waals surface area contributed by atoms with Crippen LogP contribution in [-0.4, -0.2) is 18.2 Å². The Kier molecular flexibility index (Phi) is 4.44. The summed E-state index contributed by atoms with van der Waals surface area (Å²) in [6.07, 6.45) is 8.29. The molecule has 0 aromatic carbocycles. The lowest BCUT2D eigenvalue weighted by Crippen LogP contribution is -2.37. The van der Waals surface area contributed by atoms with Crippen LogP contribution in [0.2, 0.25) is 0 Å². The normalized spacial score (nSPS) is 24.0. The van der Waals surface area contributed by atoms with Crippen molar-refractivity contribution in [3.05, 3.63) is 17.9 Å². The van der Waals surface area contributed by atoms with Gasteiger partial charge in [0.05, 0.1) is 0 Å². The van der Waals surface area contributed by atoms with Gasteiger partial charge in [-0.25, -0.2) is 4.79 Å². The molecular weight excluding hydrogens is 190 g/mol. The summed E-state index contributed by atoms with van der Waals surface area (Å²) < 4.78 is 4.83. The van der Waals surface area contributed by atoms with Gasteiger partial charge >= 0.3 is 6.09 Å². The Morgan fingerprint density at radius 2 is 2.40 bits per heavy atom. The van der Waals surface area contributed by atoms with E-state index in [1.165, 1.54) is 19.3 Å². The van der Waals surface area contributed by atoms with Crippen LogP contribution in [-0.2, 0) is 4.74 Å². The zero-order valence-corrected chi connectivity index (χ0v) is 9.51. The quantitative estimate of drug-likeness (QED) is 0.558. The zero-order valence-electron chi connectivity index (χ0n) is 9.51. The van der Waals surface area contributed by atoms with Crippen LogP contribution < -0.4 is 5.32 Å². The number of carbonyl (C=O) groups excluding carboxylic acids is 1. The Bertz CT molecular complexity index is 279. The Labute approximate surface area is 91.2 Å². The number of ether oxygens (including phenoxy) is 1. The van der Waals surface area contributed by atoms with Crippen molar-refractivity contribution >= 4 is 6.09 Å². The molecule has 84 valence electrons. The van der Waals surface area contributed by atoms with Crippen molar-refractivity contribution in [2.75, 3.05) is 6.61 Å². The number of cyclic esters (lactones) is 1. The van der Waals surface area contributed by atoms with Gasteiger partial charge in [-0.2, -0.15) is 0 Å². The number of unbranched alkanes of at least 4 members (excludes halogenated alkanes) is 3. The highest BCUT2D eigenvalue weighted by Crippen LogP contribution is 2.12. The molecule has 1 heterocycles.